The number of aliphatic hydroxyl groups is 2. The van der Waals surface area contributed by atoms with Gasteiger partial charge >= 0.3 is 103 Å². The molecule has 10 rings (SSSR count). The van der Waals surface area contributed by atoms with Gasteiger partial charge in [0.2, 0.25) is 0 Å². The molecule has 8 aliphatic carbocycles. The van der Waals surface area contributed by atoms with Gasteiger partial charge in [-0.2, -0.15) is 10.5 Å². The summed E-state index contributed by atoms with van der Waals surface area (Å²) in [4.78, 5) is 47.5. The molecule has 0 radical (unpaired) electrons. The zero-order valence-electron chi connectivity index (χ0n) is 48.2. The summed E-state index contributed by atoms with van der Waals surface area (Å²) in [7, 11) is 2.40. The van der Waals surface area contributed by atoms with Crippen LogP contribution in [0, 0.1) is 104 Å². The van der Waals surface area contributed by atoms with Crippen molar-refractivity contribution in [3.05, 3.63) is 36.4 Å². The van der Waals surface area contributed by atoms with Crippen molar-refractivity contribution < 1.29 is 154 Å². The van der Waals surface area contributed by atoms with Crippen LogP contribution in [0.15, 0.2) is 25.0 Å². The number of hydrogen-bond donors (Lipinski definition) is 3. The van der Waals surface area contributed by atoms with Crippen molar-refractivity contribution >= 4 is 34.0 Å². The van der Waals surface area contributed by atoms with Crippen LogP contribution < -0.4 is 108 Å². The number of fused-ring (bicyclic) bond motifs is 10. The van der Waals surface area contributed by atoms with Crippen LogP contribution in [0.3, 0.4) is 0 Å². The standard InChI is InChI=1S/C27H39N3O3.C23H37BrO3.C4H3N3.CH3F.CH2O3.CH4.2K.H/c1-25-10-11-27(32,16-33-3)12-18(25)4-5-20-21-6-7-23(26(21,2)9-8-22(20)25)24(31)15-30-14-19(13-28)29-17-30;1-21-10-11-23(26,14-27-3)12-15(21)4-5-16-17-6-7-19(20(25)13-24)22(17,2)9-8-18(16)21;5-1-4-2-6-3-7-4;1-2;2-1-4-3;;;;/h14,17-18,20-23,32H,4-12,15-16H2,1-3H3;15-19,26H,4-14H2,1-3H3;2-3H,(H,6,7);1H3;1,3H;1H4;;;/q;;;;;;2*+1;-1/p-1/t18-,20-,21-,22-,23+,25-,26-,27+;15-,16-,17-,18-,19+,21-,22-,23+;;;;;;;/m00......./s1/i;;;1D;;;;;. The number of imidazole rings is 2. The van der Waals surface area contributed by atoms with Gasteiger partial charge in [-0.25, -0.2) is 9.97 Å². The van der Waals surface area contributed by atoms with Crippen LogP contribution in [-0.2, 0) is 35.3 Å². The molecule has 2 heterocycles. The smallest absolute Gasteiger partial charge is 1.00 e. The second kappa shape index (κ2) is 30.3. The molecule has 0 spiro atoms. The van der Waals surface area contributed by atoms with Gasteiger partial charge in [-0.15, -0.1) is 0 Å². The molecule has 2 aromatic rings. The monoisotopic (exact) mass is 1180 g/mol. The number of Topliss-reactive ketones (excluding diaryl/α,β-unsaturated/α-hetero) is 2. The quantitative estimate of drug-likeness (QED) is 0.102. The molecule has 416 valence electrons. The van der Waals surface area contributed by atoms with Crippen molar-refractivity contribution in [2.24, 2.45) is 80.8 Å². The fourth-order valence-electron chi connectivity index (χ4n) is 17.7. The SMILES string of the molecule is C.COC[C@@]1(O)CC[C@@]2(C)[C@@H](CC[C@@H]3[C@@H]2CC[C@]2(C)[C@@H](C(=O)CBr)CC[C@@H]32)C1.COC[C@@]1(O)CC[C@@]2(C)[C@@H](CC[C@@H]3[C@@H]2CC[C@]2(C)[C@@H](C(=O)Cn4cnc(C#N)c4)CC[C@@H]32)C1.N#Cc1cnc[nH]1.O=CO[O-].[2H]CF.[H-].[K+].[K+]. The number of rotatable bonds is 10. The van der Waals surface area contributed by atoms with Gasteiger partial charge < -0.3 is 40.8 Å². The van der Waals surface area contributed by atoms with Gasteiger partial charge in [0.25, 0.3) is 6.47 Å². The molecule has 2 aromatic heterocycles. The Balaban J connectivity index is 0.000000415. The maximum atomic E-state index is 13.4. The maximum Gasteiger partial charge on any atom is 1.00 e. The molecular formula is C57H88BrFK2N6O9. The van der Waals surface area contributed by atoms with Gasteiger partial charge in [-0.1, -0.05) is 51.1 Å². The van der Waals surface area contributed by atoms with Crippen molar-refractivity contribution in [1.82, 2.24) is 19.5 Å². The first-order chi connectivity index (χ1) is 35.3. The summed E-state index contributed by atoms with van der Waals surface area (Å²) in [5.41, 5.74) is 0.577. The number of aromatic nitrogens is 4. The third-order valence-electron chi connectivity index (χ3n) is 21.1. The van der Waals surface area contributed by atoms with E-state index in [1.54, 1.807) is 31.3 Å². The number of hydrogen-bond acceptors (Lipinski definition) is 13. The predicted molar refractivity (Wildman–Crippen MR) is 280 cm³/mol. The van der Waals surface area contributed by atoms with Gasteiger partial charge in [0, 0.05) is 32.3 Å². The molecule has 15 nitrogen and oxygen atoms in total. The molecule has 3 N–H and O–H groups in total. The third-order valence-corrected chi connectivity index (χ3v) is 21.7. The Morgan fingerprint density at radius 2 is 1.28 bits per heavy atom. The molecule has 19 heteroatoms. The minimum atomic E-state index is -1.00. The van der Waals surface area contributed by atoms with E-state index in [9.17, 15) is 24.2 Å². The van der Waals surface area contributed by atoms with E-state index in [1.165, 1.54) is 63.9 Å². The minimum absolute atomic E-state index is 0. The summed E-state index contributed by atoms with van der Waals surface area (Å²) < 4.78 is 28.0. The minimum Gasteiger partial charge on any atom is -1.00 e. The molecule has 0 saturated heterocycles. The Morgan fingerprint density at radius 1 is 0.816 bits per heavy atom. The molecule has 0 unspecified atom stereocenters. The van der Waals surface area contributed by atoms with Crippen LogP contribution in [0.1, 0.15) is 165 Å². The largest absolute Gasteiger partial charge is 1.00 e. The predicted octanol–water partition coefficient (Wildman–Crippen LogP) is 3.41. The van der Waals surface area contributed by atoms with E-state index in [0.717, 1.165) is 82.0 Å². The molecule has 0 aromatic carbocycles. The fourth-order valence-corrected chi connectivity index (χ4v) is 18.1. The number of alkyl halides is 2. The molecule has 16 atom stereocenters. The van der Waals surface area contributed by atoms with Crippen molar-refractivity contribution in [3.8, 4) is 12.1 Å². The van der Waals surface area contributed by atoms with E-state index in [-0.39, 0.29) is 141 Å². The zero-order chi connectivity index (χ0) is 54.1. The molecule has 0 aliphatic heterocycles. The van der Waals surface area contributed by atoms with Crippen LogP contribution in [0.25, 0.3) is 0 Å². The van der Waals surface area contributed by atoms with E-state index < -0.39 is 18.4 Å². The van der Waals surface area contributed by atoms with Crippen LogP contribution in [-0.4, -0.2) is 98.9 Å². The Labute approximate surface area is 549 Å². The number of carbonyl (C=O) groups is 3. The summed E-state index contributed by atoms with van der Waals surface area (Å²) >= 11 is 3.43. The number of methoxy groups -OCH3 is 2. The Bertz CT molecular complexity index is 2280. The second-order valence-electron chi connectivity index (χ2n) is 24.3. The fraction of sp³-hybridized carbons (Fsp3) is 0.807. The molecule has 8 fully saturated rings. The summed E-state index contributed by atoms with van der Waals surface area (Å²) in [5, 5.41) is 48.1. The molecule has 76 heavy (non-hydrogen) atoms. The van der Waals surface area contributed by atoms with Crippen molar-refractivity contribution in [3.63, 3.8) is 0 Å². The number of nitrogens with zero attached hydrogens (tertiary/aromatic N) is 5. The third kappa shape index (κ3) is 14.7. The Morgan fingerprint density at radius 3 is 1.64 bits per heavy atom. The van der Waals surface area contributed by atoms with E-state index in [2.05, 4.69) is 63.5 Å². The van der Waals surface area contributed by atoms with Crippen molar-refractivity contribution in [1.29, 1.82) is 10.5 Å². The topological polar surface area (TPSA) is 236 Å². The number of carbonyl (C=O) groups excluding carboxylic acids is 3. The number of H-pyrrole nitrogens is 1. The Kier molecular flexibility index (Phi) is 27.2. The zero-order valence-corrected chi connectivity index (χ0v) is 54.0. The molecule has 0 bridgehead atoms. The van der Waals surface area contributed by atoms with Gasteiger partial charge in [-0.05, 0) is 185 Å². The summed E-state index contributed by atoms with van der Waals surface area (Å²) in [6.07, 6.45) is 26.3. The summed E-state index contributed by atoms with van der Waals surface area (Å²) in [5.74, 6) is 6.64. The molecule has 8 saturated carbocycles. The van der Waals surface area contributed by atoms with Gasteiger partial charge in [0.15, 0.2) is 11.5 Å². The normalized spacial score (nSPS) is 39.0. The summed E-state index contributed by atoms with van der Waals surface area (Å²) in [6, 6.07) is 3.94. The van der Waals surface area contributed by atoms with Crippen molar-refractivity contribution in [2.45, 2.75) is 168 Å². The van der Waals surface area contributed by atoms with E-state index in [4.69, 9.17) is 31.4 Å². The molecule has 8 aliphatic rings. The molecule has 0 amide bonds. The van der Waals surface area contributed by atoms with Crippen LogP contribution in [0.5, 0.6) is 0 Å². The van der Waals surface area contributed by atoms with Gasteiger partial charge in [0.1, 0.15) is 23.6 Å². The number of ether oxygens (including phenoxy) is 2. The maximum absolute atomic E-state index is 13.4. The van der Waals surface area contributed by atoms with Gasteiger partial charge in [-0.3, -0.25) is 18.8 Å². The first-order valence-electron chi connectivity index (χ1n) is 27.4. The van der Waals surface area contributed by atoms with Crippen LogP contribution >= 0.6 is 15.9 Å². The van der Waals surface area contributed by atoms with E-state index in [1.807, 2.05) is 12.1 Å². The van der Waals surface area contributed by atoms with Crippen LogP contribution in [0.2, 0.25) is 0 Å². The Hall–Kier alpha value is -0.307. The second-order valence-corrected chi connectivity index (χ2v) is 24.8. The first kappa shape index (κ1) is 68.2. The number of aromatic amines is 1. The van der Waals surface area contributed by atoms with E-state index >= 15 is 0 Å². The average molecular weight is 1180 g/mol. The number of nitrogens with one attached hydrogen (secondary N) is 1. The summed E-state index contributed by atoms with van der Waals surface area (Å²) in [6.45, 7) is 10.9. The van der Waals surface area contributed by atoms with Gasteiger partial charge in [0.05, 0.1) is 63.7 Å². The number of ketones is 2. The van der Waals surface area contributed by atoms with Crippen molar-refractivity contribution in [2.75, 3.05) is 39.9 Å². The van der Waals surface area contributed by atoms with Crippen LogP contribution in [0.4, 0.5) is 4.39 Å². The van der Waals surface area contributed by atoms with E-state index in [0.29, 0.717) is 88.5 Å². The average Bonchev–Trinajstić information content (AvgIpc) is 4.21. The first-order valence-corrected chi connectivity index (χ1v) is 27.8. The number of nitriles is 2. The molecular weight excluding hydrogens is 1090 g/mol. The number of halogens is 2.